The monoisotopic (exact) mass is 159 g/mol. The number of aromatic hydroxyl groups is 2. The minimum absolute atomic E-state index is 0.0324. The Labute approximate surface area is 69.5 Å². The lowest BCUT2D eigenvalue weighted by atomic mass is 10.2. The summed E-state index contributed by atoms with van der Waals surface area (Å²) < 4.78 is 0. The van der Waals surface area contributed by atoms with E-state index in [9.17, 15) is 0 Å². The molecule has 12 heavy (non-hydrogen) atoms. The smallest absolute Gasteiger partial charge is 0.152 e. The molecule has 0 saturated heterocycles. The van der Waals surface area contributed by atoms with Crippen molar-refractivity contribution in [2.24, 2.45) is 0 Å². The maximum atomic E-state index is 9.15. The second kappa shape index (κ2) is 3.32. The van der Waals surface area contributed by atoms with Crippen LogP contribution in [0.25, 0.3) is 0 Å². The first-order valence-corrected chi connectivity index (χ1v) is 3.16. The Bertz CT molecular complexity index is 393. The summed E-state index contributed by atoms with van der Waals surface area (Å²) >= 11 is 0. The molecule has 0 aromatic heterocycles. The molecule has 0 fully saturated rings. The Morgan fingerprint density at radius 1 is 1.25 bits per heavy atom. The number of nitriles is 1. The van der Waals surface area contributed by atoms with E-state index in [-0.39, 0.29) is 11.5 Å². The van der Waals surface area contributed by atoms with Crippen LogP contribution in [0.2, 0.25) is 0 Å². The first-order valence-electron chi connectivity index (χ1n) is 3.16. The number of benzene rings is 1. The highest BCUT2D eigenvalue weighted by molar-refractivity contribution is 5.49. The van der Waals surface area contributed by atoms with Crippen LogP contribution < -0.4 is 0 Å². The highest BCUT2D eigenvalue weighted by Crippen LogP contribution is 2.21. The first-order chi connectivity index (χ1) is 5.74. The van der Waals surface area contributed by atoms with Gasteiger partial charge in [0, 0.05) is 12.0 Å². The Kier molecular flexibility index (Phi) is 2.20. The molecule has 1 aromatic carbocycles. The second-order valence-corrected chi connectivity index (χ2v) is 2.06. The van der Waals surface area contributed by atoms with Crippen LogP contribution in [0.3, 0.4) is 0 Å². The van der Waals surface area contributed by atoms with E-state index in [1.807, 2.05) is 0 Å². The molecule has 3 heteroatoms. The average molecular weight is 159 g/mol. The van der Waals surface area contributed by atoms with Gasteiger partial charge in [-0.1, -0.05) is 0 Å². The van der Waals surface area contributed by atoms with Gasteiger partial charge in [-0.25, -0.2) is 0 Å². The zero-order valence-electron chi connectivity index (χ0n) is 6.07. The summed E-state index contributed by atoms with van der Waals surface area (Å²) in [5, 5.41) is 26.2. The van der Waals surface area contributed by atoms with Gasteiger partial charge in [0.2, 0.25) is 0 Å². The molecule has 1 rings (SSSR count). The molecule has 3 nitrogen and oxygen atoms in total. The lowest BCUT2D eigenvalue weighted by Gasteiger charge is -1.95. The Balaban J connectivity index is 3.12. The molecule has 0 spiro atoms. The van der Waals surface area contributed by atoms with E-state index in [0.29, 0.717) is 5.56 Å². The Hall–Kier alpha value is -2.13. The third-order valence-corrected chi connectivity index (χ3v) is 1.23. The average Bonchev–Trinajstić information content (AvgIpc) is 2.03. The topological polar surface area (TPSA) is 64.2 Å². The SMILES string of the molecule is N#CC#Cc1ccc(O)cc1O. The van der Waals surface area contributed by atoms with Gasteiger partial charge in [-0.05, 0) is 18.1 Å². The molecule has 0 aliphatic carbocycles. The van der Waals surface area contributed by atoms with Crippen molar-refractivity contribution in [2.45, 2.75) is 0 Å². The van der Waals surface area contributed by atoms with Crippen molar-refractivity contribution in [1.82, 2.24) is 0 Å². The number of phenolic OH excluding ortho intramolecular Hbond substituents is 2. The summed E-state index contributed by atoms with van der Waals surface area (Å²) in [5.74, 6) is 4.40. The van der Waals surface area contributed by atoms with Crippen LogP contribution in [0.15, 0.2) is 18.2 Å². The van der Waals surface area contributed by atoms with Crippen molar-refractivity contribution in [3.05, 3.63) is 23.8 Å². The van der Waals surface area contributed by atoms with Crippen molar-refractivity contribution < 1.29 is 10.2 Å². The molecule has 0 amide bonds. The summed E-state index contributed by atoms with van der Waals surface area (Å²) in [7, 11) is 0. The lowest BCUT2D eigenvalue weighted by molar-refractivity contribution is 0.449. The zero-order valence-corrected chi connectivity index (χ0v) is 6.07. The first kappa shape index (κ1) is 7.97. The third-order valence-electron chi connectivity index (χ3n) is 1.23. The predicted molar refractivity (Wildman–Crippen MR) is 42.3 cm³/mol. The molecule has 0 saturated carbocycles. The molecule has 1 aromatic rings. The molecule has 0 aliphatic heterocycles. The fourth-order valence-corrected chi connectivity index (χ4v) is 0.721. The Morgan fingerprint density at radius 3 is 2.58 bits per heavy atom. The molecule has 0 unspecified atom stereocenters. The maximum absolute atomic E-state index is 9.15. The molecular weight excluding hydrogens is 154 g/mol. The minimum Gasteiger partial charge on any atom is -0.508 e. The van der Waals surface area contributed by atoms with Crippen LogP contribution in [0.1, 0.15) is 5.56 Å². The van der Waals surface area contributed by atoms with Crippen LogP contribution in [0, 0.1) is 23.2 Å². The maximum Gasteiger partial charge on any atom is 0.152 e. The van der Waals surface area contributed by atoms with E-state index >= 15 is 0 Å². The molecule has 58 valence electrons. The molecule has 0 radical (unpaired) electrons. The van der Waals surface area contributed by atoms with Gasteiger partial charge in [0.25, 0.3) is 0 Å². The van der Waals surface area contributed by atoms with Crippen LogP contribution in [-0.2, 0) is 0 Å². The van der Waals surface area contributed by atoms with Crippen molar-refractivity contribution in [2.75, 3.05) is 0 Å². The number of hydrogen-bond donors (Lipinski definition) is 2. The van der Waals surface area contributed by atoms with E-state index < -0.39 is 0 Å². The van der Waals surface area contributed by atoms with E-state index in [4.69, 9.17) is 15.5 Å². The lowest BCUT2D eigenvalue weighted by Crippen LogP contribution is -1.75. The standard InChI is InChI=1S/C9H5NO2/c10-5-1-2-7-3-4-8(11)6-9(7)12/h3-4,6,11-12H. The van der Waals surface area contributed by atoms with E-state index in [0.717, 1.165) is 0 Å². The van der Waals surface area contributed by atoms with Gasteiger partial charge in [-0.3, -0.25) is 0 Å². The molecule has 0 atom stereocenters. The van der Waals surface area contributed by atoms with Gasteiger partial charge in [-0.2, -0.15) is 5.26 Å². The van der Waals surface area contributed by atoms with Crippen LogP contribution in [0.5, 0.6) is 11.5 Å². The largest absolute Gasteiger partial charge is 0.508 e. The summed E-state index contributed by atoms with van der Waals surface area (Å²) in [6.07, 6.45) is 0. The Morgan fingerprint density at radius 2 is 2.00 bits per heavy atom. The van der Waals surface area contributed by atoms with Gasteiger partial charge >= 0.3 is 0 Å². The van der Waals surface area contributed by atoms with Gasteiger partial charge in [0.05, 0.1) is 5.56 Å². The number of hydrogen-bond acceptors (Lipinski definition) is 3. The van der Waals surface area contributed by atoms with Gasteiger partial charge < -0.3 is 10.2 Å². The zero-order chi connectivity index (χ0) is 8.97. The fraction of sp³-hybridized carbons (Fsp3) is 0. The quantitative estimate of drug-likeness (QED) is 0.554. The van der Waals surface area contributed by atoms with E-state index in [2.05, 4.69) is 11.8 Å². The van der Waals surface area contributed by atoms with Gasteiger partial charge in [0.1, 0.15) is 11.5 Å². The highest BCUT2D eigenvalue weighted by atomic mass is 16.3. The van der Waals surface area contributed by atoms with Gasteiger partial charge in [0.15, 0.2) is 6.07 Å². The van der Waals surface area contributed by atoms with Crippen molar-refractivity contribution in [3.8, 4) is 29.4 Å². The van der Waals surface area contributed by atoms with E-state index in [1.165, 1.54) is 18.2 Å². The van der Waals surface area contributed by atoms with Gasteiger partial charge in [-0.15, -0.1) is 0 Å². The normalized spacial score (nSPS) is 7.92. The van der Waals surface area contributed by atoms with Crippen molar-refractivity contribution in [3.63, 3.8) is 0 Å². The molecule has 0 aliphatic rings. The molecule has 0 bridgehead atoms. The minimum atomic E-state index is -0.127. The second-order valence-electron chi connectivity index (χ2n) is 2.06. The van der Waals surface area contributed by atoms with E-state index in [1.54, 1.807) is 6.07 Å². The summed E-state index contributed by atoms with van der Waals surface area (Å²) in [4.78, 5) is 0. The van der Waals surface area contributed by atoms with Crippen LogP contribution in [-0.4, -0.2) is 10.2 Å². The molecular formula is C9H5NO2. The molecule has 2 N–H and O–H groups in total. The third kappa shape index (κ3) is 1.68. The fourth-order valence-electron chi connectivity index (χ4n) is 0.721. The number of phenols is 2. The number of rotatable bonds is 0. The highest BCUT2D eigenvalue weighted by Gasteiger charge is 1.97. The summed E-state index contributed by atoms with van der Waals surface area (Å²) in [6.45, 7) is 0. The number of nitrogens with zero attached hydrogens (tertiary/aromatic N) is 1. The van der Waals surface area contributed by atoms with Crippen LogP contribution in [0.4, 0.5) is 0 Å². The van der Waals surface area contributed by atoms with Crippen LogP contribution >= 0.6 is 0 Å². The molecule has 0 heterocycles. The summed E-state index contributed by atoms with van der Waals surface area (Å²) in [6, 6.07) is 5.62. The van der Waals surface area contributed by atoms with Crippen molar-refractivity contribution >= 4 is 0 Å². The predicted octanol–water partition coefficient (Wildman–Crippen LogP) is 0.973. The van der Waals surface area contributed by atoms with Crippen molar-refractivity contribution in [1.29, 1.82) is 5.26 Å². The summed E-state index contributed by atoms with van der Waals surface area (Å²) in [5.41, 5.74) is 0.328.